The van der Waals surface area contributed by atoms with E-state index in [-0.39, 0.29) is 18.3 Å². The first-order chi connectivity index (χ1) is 22.4. The normalized spacial score (nSPS) is 20.7. The standard InChI is InChI=1S/C34H35FN6O5/c1-43-29-16-23(34(42)44-2)15-28-33(29)38-31(41(28)18-24-10-13-45-24)19-39-11-12-40(27-9-8-26(27)39)30-4-3-5-32(37-30)46-20-22-7-6-21(17-36)14-25(22)35/h3-7,14-16,24,26-27H,8-13,18-20H2,1-2H3/t24-,26+,27+/m0/s1. The maximum Gasteiger partial charge on any atom is 0.338 e. The first-order valence-electron chi connectivity index (χ1n) is 15.5. The average molecular weight is 627 g/mol. The molecule has 4 aromatic rings. The number of hydrogen-bond acceptors (Lipinski definition) is 10. The number of hydrogen-bond donors (Lipinski definition) is 0. The maximum atomic E-state index is 14.4. The van der Waals surface area contributed by atoms with Crippen molar-refractivity contribution >= 4 is 22.8 Å². The van der Waals surface area contributed by atoms with Gasteiger partial charge >= 0.3 is 5.97 Å². The molecule has 238 valence electrons. The Morgan fingerprint density at radius 1 is 1.09 bits per heavy atom. The minimum Gasteiger partial charge on any atom is -0.494 e. The van der Waals surface area contributed by atoms with Crippen LogP contribution in [0.2, 0.25) is 0 Å². The van der Waals surface area contributed by atoms with E-state index in [0.29, 0.717) is 47.9 Å². The van der Waals surface area contributed by atoms with Crippen molar-refractivity contribution in [2.24, 2.45) is 0 Å². The summed E-state index contributed by atoms with van der Waals surface area (Å²) < 4.78 is 38.9. The Hall–Kier alpha value is -4.73. The van der Waals surface area contributed by atoms with Crippen LogP contribution >= 0.6 is 0 Å². The predicted octanol–water partition coefficient (Wildman–Crippen LogP) is 4.46. The Morgan fingerprint density at radius 3 is 2.63 bits per heavy atom. The Kier molecular flexibility index (Phi) is 8.19. The lowest BCUT2D eigenvalue weighted by molar-refractivity contribution is -0.0594. The summed E-state index contributed by atoms with van der Waals surface area (Å²) in [5, 5.41) is 9.00. The summed E-state index contributed by atoms with van der Waals surface area (Å²) in [6.07, 6.45) is 3.20. The Bertz CT molecular complexity index is 1820. The monoisotopic (exact) mass is 626 g/mol. The smallest absolute Gasteiger partial charge is 0.338 e. The number of rotatable bonds is 10. The molecule has 4 heterocycles. The number of fused-ring (bicyclic) bond motifs is 2. The molecule has 0 N–H and O–H groups in total. The maximum absolute atomic E-state index is 14.4. The van der Waals surface area contributed by atoms with Crippen LogP contribution in [0.3, 0.4) is 0 Å². The molecule has 12 heteroatoms. The molecule has 11 nitrogen and oxygen atoms in total. The molecule has 2 saturated heterocycles. The molecule has 3 fully saturated rings. The Labute approximate surface area is 266 Å². The molecular weight excluding hydrogens is 591 g/mol. The van der Waals surface area contributed by atoms with E-state index in [4.69, 9.17) is 34.2 Å². The van der Waals surface area contributed by atoms with Crippen LogP contribution in [0.1, 0.15) is 46.6 Å². The quantitative estimate of drug-likeness (QED) is 0.234. The van der Waals surface area contributed by atoms with E-state index < -0.39 is 11.8 Å². The largest absolute Gasteiger partial charge is 0.494 e. The Morgan fingerprint density at radius 2 is 1.93 bits per heavy atom. The van der Waals surface area contributed by atoms with Crippen LogP contribution in [0.5, 0.6) is 11.6 Å². The average Bonchev–Trinajstić information content (AvgIpc) is 3.38. The molecule has 1 saturated carbocycles. The van der Waals surface area contributed by atoms with Gasteiger partial charge in [-0.05, 0) is 49.6 Å². The number of nitriles is 1. The third kappa shape index (κ3) is 5.61. The molecule has 3 atom stereocenters. The number of ether oxygens (including phenoxy) is 4. The SMILES string of the molecule is COC(=O)c1cc(OC)c2nc(CN3CCN(c4cccc(OCc5ccc(C#N)cc5F)n4)[C@@H]4CC[C@H]43)n(C[C@@H]3CCO3)c2c1. The number of halogens is 1. The van der Waals surface area contributed by atoms with Crippen LogP contribution in [0.15, 0.2) is 48.5 Å². The summed E-state index contributed by atoms with van der Waals surface area (Å²) in [5.41, 5.74) is 2.61. The number of methoxy groups -OCH3 is 2. The molecule has 46 heavy (non-hydrogen) atoms. The highest BCUT2D eigenvalue weighted by Crippen LogP contribution is 2.38. The number of nitrogens with zero attached hydrogens (tertiary/aromatic N) is 6. The summed E-state index contributed by atoms with van der Waals surface area (Å²) >= 11 is 0. The molecule has 0 amide bonds. The lowest BCUT2D eigenvalue weighted by Gasteiger charge is -2.54. The van der Waals surface area contributed by atoms with E-state index in [1.165, 1.54) is 13.2 Å². The fourth-order valence-corrected chi connectivity index (χ4v) is 6.60. The number of esters is 1. The molecule has 3 aliphatic rings. The molecular formula is C34H35FN6O5. The first kappa shape index (κ1) is 30.0. The Balaban J connectivity index is 1.09. The number of carbonyl (C=O) groups excluding carboxylic acids is 1. The lowest BCUT2D eigenvalue weighted by Crippen LogP contribution is -2.64. The van der Waals surface area contributed by atoms with E-state index >= 15 is 0 Å². The van der Waals surface area contributed by atoms with Crippen LogP contribution in [0.25, 0.3) is 11.0 Å². The lowest BCUT2D eigenvalue weighted by atomic mass is 9.81. The second kappa shape index (κ2) is 12.6. The van der Waals surface area contributed by atoms with Crippen LogP contribution in [-0.2, 0) is 29.2 Å². The zero-order valence-electron chi connectivity index (χ0n) is 25.8. The van der Waals surface area contributed by atoms with Gasteiger partial charge in [-0.1, -0.05) is 12.1 Å². The van der Waals surface area contributed by atoms with Crippen molar-refractivity contribution in [2.45, 2.75) is 57.1 Å². The summed E-state index contributed by atoms with van der Waals surface area (Å²) in [5.74, 6) is 1.81. The summed E-state index contributed by atoms with van der Waals surface area (Å²) in [4.78, 5) is 27.1. The zero-order chi connectivity index (χ0) is 31.8. The van der Waals surface area contributed by atoms with Crippen molar-refractivity contribution in [3.63, 3.8) is 0 Å². The summed E-state index contributed by atoms with van der Waals surface area (Å²) in [6.45, 7) is 3.67. The van der Waals surface area contributed by atoms with Crippen molar-refractivity contribution < 1.29 is 28.1 Å². The van der Waals surface area contributed by atoms with Crippen molar-refractivity contribution in [2.75, 3.05) is 38.8 Å². The van der Waals surface area contributed by atoms with Crippen LogP contribution in [0.4, 0.5) is 10.2 Å². The molecule has 2 aromatic carbocycles. The third-order valence-electron chi connectivity index (χ3n) is 9.32. The second-order valence-corrected chi connectivity index (χ2v) is 11.9. The minimum atomic E-state index is -0.472. The molecule has 0 spiro atoms. The highest BCUT2D eigenvalue weighted by atomic mass is 19.1. The topological polar surface area (TPSA) is 115 Å². The van der Waals surface area contributed by atoms with Crippen LogP contribution in [0, 0.1) is 17.1 Å². The number of aromatic nitrogens is 3. The number of carbonyl (C=O) groups is 1. The highest BCUT2D eigenvalue weighted by Gasteiger charge is 2.44. The molecule has 1 aliphatic carbocycles. The minimum absolute atomic E-state index is 0.0205. The zero-order valence-corrected chi connectivity index (χ0v) is 25.8. The molecule has 0 bridgehead atoms. The molecule has 0 radical (unpaired) electrons. The fraction of sp³-hybridized carbons (Fsp3) is 0.412. The van der Waals surface area contributed by atoms with Gasteiger partial charge in [0, 0.05) is 43.4 Å². The number of imidazole rings is 1. The van der Waals surface area contributed by atoms with E-state index in [1.54, 1.807) is 31.4 Å². The summed E-state index contributed by atoms with van der Waals surface area (Å²) in [6, 6.07) is 16.1. The van der Waals surface area contributed by atoms with Crippen molar-refractivity contribution in [1.82, 2.24) is 19.4 Å². The van der Waals surface area contributed by atoms with E-state index in [2.05, 4.69) is 14.4 Å². The third-order valence-corrected chi connectivity index (χ3v) is 9.32. The van der Waals surface area contributed by atoms with Gasteiger partial charge in [0.15, 0.2) is 0 Å². The van der Waals surface area contributed by atoms with Crippen molar-refractivity contribution in [3.05, 3.63) is 76.9 Å². The predicted molar refractivity (Wildman–Crippen MR) is 166 cm³/mol. The van der Waals surface area contributed by atoms with E-state index in [9.17, 15) is 9.18 Å². The highest BCUT2D eigenvalue weighted by molar-refractivity contribution is 5.96. The number of benzene rings is 2. The fourth-order valence-electron chi connectivity index (χ4n) is 6.60. The molecule has 2 aliphatic heterocycles. The molecule has 7 rings (SSSR count). The van der Waals surface area contributed by atoms with E-state index in [1.807, 2.05) is 24.3 Å². The van der Waals surface area contributed by atoms with Gasteiger partial charge in [0.25, 0.3) is 0 Å². The second-order valence-electron chi connectivity index (χ2n) is 11.9. The van der Waals surface area contributed by atoms with Gasteiger partial charge in [-0.25, -0.2) is 14.2 Å². The summed E-state index contributed by atoms with van der Waals surface area (Å²) in [7, 11) is 2.96. The van der Waals surface area contributed by atoms with Gasteiger partial charge in [0.1, 0.15) is 35.3 Å². The molecule has 2 aromatic heterocycles. The van der Waals surface area contributed by atoms with Gasteiger partial charge in [-0.15, -0.1) is 0 Å². The van der Waals surface area contributed by atoms with Gasteiger partial charge in [0.05, 0.1) is 56.1 Å². The van der Waals surface area contributed by atoms with Crippen molar-refractivity contribution in [1.29, 1.82) is 5.26 Å². The van der Waals surface area contributed by atoms with Gasteiger partial charge in [-0.2, -0.15) is 10.2 Å². The van der Waals surface area contributed by atoms with Gasteiger partial charge in [-0.3, -0.25) is 4.90 Å². The van der Waals surface area contributed by atoms with E-state index in [0.717, 1.165) is 61.6 Å². The van der Waals surface area contributed by atoms with Crippen molar-refractivity contribution in [3.8, 4) is 17.7 Å². The number of pyridine rings is 1. The van der Waals surface area contributed by atoms with Gasteiger partial charge in [0.2, 0.25) is 5.88 Å². The first-order valence-corrected chi connectivity index (χ1v) is 15.5. The number of anilines is 1. The van der Waals surface area contributed by atoms with Crippen LogP contribution in [-0.4, -0.2) is 77.5 Å². The van der Waals surface area contributed by atoms with Crippen LogP contribution < -0.4 is 14.4 Å². The molecule has 0 unspecified atom stereocenters. The van der Waals surface area contributed by atoms with Gasteiger partial charge < -0.3 is 28.4 Å². The number of piperazine rings is 1.